The van der Waals surface area contributed by atoms with Crippen molar-refractivity contribution < 1.29 is 4.79 Å². The Morgan fingerprint density at radius 3 is 2.44 bits per heavy atom. The Balaban J connectivity index is 1.99. The summed E-state index contributed by atoms with van der Waals surface area (Å²) in [5.41, 5.74) is 1.25. The first-order valence-corrected chi connectivity index (χ1v) is 6.86. The van der Waals surface area contributed by atoms with Crippen LogP contribution < -0.4 is 0 Å². The fraction of sp³-hybridized carbons (Fsp3) is 0.933. The Morgan fingerprint density at radius 2 is 1.88 bits per heavy atom. The van der Waals surface area contributed by atoms with Crippen molar-refractivity contribution in [1.82, 2.24) is 0 Å². The maximum Gasteiger partial charge on any atom is 0.140 e. The molecule has 0 aromatic carbocycles. The molecule has 0 aromatic rings. The highest BCUT2D eigenvalue weighted by Crippen LogP contribution is 2.98. The van der Waals surface area contributed by atoms with Gasteiger partial charge < -0.3 is 0 Å². The van der Waals surface area contributed by atoms with Crippen LogP contribution in [0, 0.1) is 33.5 Å². The van der Waals surface area contributed by atoms with Gasteiger partial charge in [-0.15, -0.1) is 0 Å². The molecule has 0 N–H and O–H groups in total. The topological polar surface area (TPSA) is 17.1 Å². The summed E-state index contributed by atoms with van der Waals surface area (Å²) in [5.74, 6) is 2.21. The second-order valence-corrected chi connectivity index (χ2v) is 8.00. The highest BCUT2D eigenvalue weighted by Gasteiger charge is 2.96. The first-order valence-electron chi connectivity index (χ1n) is 6.86. The Bertz CT molecular complexity index is 419. The molecule has 4 atom stereocenters. The van der Waals surface area contributed by atoms with E-state index in [1.807, 2.05) is 0 Å². The number of hydrogen-bond acceptors (Lipinski definition) is 1. The quantitative estimate of drug-likeness (QED) is 0.609. The summed E-state index contributed by atoms with van der Waals surface area (Å²) in [6, 6.07) is 0. The fourth-order valence-electron chi connectivity index (χ4n) is 6.88. The van der Waals surface area contributed by atoms with Gasteiger partial charge in [-0.05, 0) is 47.3 Å². The van der Waals surface area contributed by atoms with Crippen LogP contribution in [0.5, 0.6) is 0 Å². The van der Waals surface area contributed by atoms with Gasteiger partial charge in [0.25, 0.3) is 0 Å². The van der Waals surface area contributed by atoms with Gasteiger partial charge in [-0.3, -0.25) is 4.79 Å². The van der Waals surface area contributed by atoms with Gasteiger partial charge in [0.1, 0.15) is 5.78 Å². The molecule has 1 nitrogen and oxygen atoms in total. The van der Waals surface area contributed by atoms with Crippen molar-refractivity contribution in [3.63, 3.8) is 0 Å². The van der Waals surface area contributed by atoms with Crippen molar-refractivity contribution in [2.24, 2.45) is 33.5 Å². The highest BCUT2D eigenvalue weighted by molar-refractivity contribution is 5.94. The van der Waals surface area contributed by atoms with Crippen LogP contribution in [-0.2, 0) is 4.79 Å². The highest BCUT2D eigenvalue weighted by atomic mass is 16.1. The molecule has 5 fully saturated rings. The zero-order valence-corrected chi connectivity index (χ0v) is 10.9. The molecule has 0 aliphatic heterocycles. The summed E-state index contributed by atoms with van der Waals surface area (Å²) in [4.78, 5) is 12.6. The maximum atomic E-state index is 12.6. The summed E-state index contributed by atoms with van der Waals surface area (Å²) >= 11 is 0. The minimum Gasteiger partial charge on any atom is -0.299 e. The van der Waals surface area contributed by atoms with Crippen molar-refractivity contribution >= 4 is 5.78 Å². The third-order valence-corrected chi connectivity index (χ3v) is 7.49. The molecule has 16 heavy (non-hydrogen) atoms. The molecule has 0 radical (unpaired) electrons. The summed E-state index contributed by atoms with van der Waals surface area (Å²) in [6.45, 7) is 9.62. The second-order valence-electron chi connectivity index (χ2n) is 8.00. The Labute approximate surface area is 98.0 Å². The lowest BCUT2D eigenvalue weighted by atomic mass is 9.60. The van der Waals surface area contributed by atoms with Crippen LogP contribution in [0.3, 0.4) is 0 Å². The molecule has 2 spiro atoms. The number of carbonyl (C=O) groups is 1. The van der Waals surface area contributed by atoms with E-state index in [-0.39, 0.29) is 5.41 Å². The molecular weight excluding hydrogens is 196 g/mol. The molecule has 5 saturated carbocycles. The van der Waals surface area contributed by atoms with Crippen LogP contribution in [0.15, 0.2) is 0 Å². The number of carbonyl (C=O) groups excluding carboxylic acids is 1. The minimum absolute atomic E-state index is 0.117. The average Bonchev–Trinajstić information content (AvgIpc) is 2.47. The van der Waals surface area contributed by atoms with Crippen LogP contribution in [0.1, 0.15) is 53.4 Å². The first kappa shape index (κ1) is 9.67. The van der Waals surface area contributed by atoms with Gasteiger partial charge in [0.2, 0.25) is 0 Å². The Hall–Kier alpha value is -0.330. The molecule has 0 saturated heterocycles. The van der Waals surface area contributed by atoms with Gasteiger partial charge in [0.05, 0.1) is 0 Å². The summed E-state index contributed by atoms with van der Waals surface area (Å²) in [5, 5.41) is 0. The maximum absolute atomic E-state index is 12.6. The van der Waals surface area contributed by atoms with E-state index in [9.17, 15) is 4.79 Å². The van der Waals surface area contributed by atoms with E-state index in [0.29, 0.717) is 22.0 Å². The van der Waals surface area contributed by atoms with Gasteiger partial charge in [0, 0.05) is 11.8 Å². The van der Waals surface area contributed by atoms with Crippen LogP contribution in [0.2, 0.25) is 0 Å². The normalized spacial score (nSPS) is 58.6. The molecule has 5 rings (SSSR count). The number of hydrogen-bond donors (Lipinski definition) is 0. The smallest absolute Gasteiger partial charge is 0.140 e. The van der Waals surface area contributed by atoms with Crippen molar-refractivity contribution in [1.29, 1.82) is 0 Å². The fourth-order valence-corrected chi connectivity index (χ4v) is 6.88. The summed E-state index contributed by atoms with van der Waals surface area (Å²) < 4.78 is 0. The third kappa shape index (κ3) is 0.541. The summed E-state index contributed by atoms with van der Waals surface area (Å²) in [6.07, 6.45) is 4.68. The molecule has 4 unspecified atom stereocenters. The number of Topliss-reactive ketones (excluding diaryl/α,β-unsaturated/α-hetero) is 1. The van der Waals surface area contributed by atoms with Gasteiger partial charge in [-0.1, -0.05) is 27.7 Å². The molecule has 4 bridgehead atoms. The monoisotopic (exact) mass is 218 g/mol. The van der Waals surface area contributed by atoms with Crippen LogP contribution >= 0.6 is 0 Å². The summed E-state index contributed by atoms with van der Waals surface area (Å²) in [7, 11) is 0. The second kappa shape index (κ2) is 2.04. The zero-order valence-electron chi connectivity index (χ0n) is 10.9. The van der Waals surface area contributed by atoms with E-state index in [1.165, 1.54) is 12.8 Å². The Morgan fingerprint density at radius 1 is 1.19 bits per heavy atom. The molecule has 0 heterocycles. The van der Waals surface area contributed by atoms with Crippen LogP contribution in [0.4, 0.5) is 0 Å². The van der Waals surface area contributed by atoms with E-state index >= 15 is 0 Å². The van der Waals surface area contributed by atoms with E-state index in [4.69, 9.17) is 0 Å². The van der Waals surface area contributed by atoms with Crippen molar-refractivity contribution in [2.75, 3.05) is 0 Å². The van der Waals surface area contributed by atoms with E-state index in [0.717, 1.165) is 24.7 Å². The molecule has 5 aliphatic carbocycles. The Kier molecular flexibility index (Phi) is 1.23. The van der Waals surface area contributed by atoms with Crippen molar-refractivity contribution in [3.8, 4) is 0 Å². The lowest BCUT2D eigenvalue weighted by Crippen LogP contribution is -2.42. The predicted octanol–water partition coefficient (Wildman–Crippen LogP) is 3.43. The van der Waals surface area contributed by atoms with E-state index in [2.05, 4.69) is 27.7 Å². The van der Waals surface area contributed by atoms with E-state index in [1.54, 1.807) is 0 Å². The average molecular weight is 218 g/mol. The van der Waals surface area contributed by atoms with Crippen LogP contribution in [-0.4, -0.2) is 5.78 Å². The van der Waals surface area contributed by atoms with Crippen molar-refractivity contribution in [3.05, 3.63) is 0 Å². The molecule has 88 valence electrons. The molecule has 5 aliphatic rings. The largest absolute Gasteiger partial charge is 0.299 e. The van der Waals surface area contributed by atoms with Gasteiger partial charge >= 0.3 is 0 Å². The van der Waals surface area contributed by atoms with Gasteiger partial charge in [-0.2, -0.15) is 0 Å². The zero-order chi connectivity index (χ0) is 11.6. The lowest BCUT2D eigenvalue weighted by molar-refractivity contribution is -0.134. The van der Waals surface area contributed by atoms with Gasteiger partial charge in [-0.25, -0.2) is 0 Å². The molecule has 1 heteroatoms. The standard InChI is InChI=1S/C15H22O/c1-12(2)6-5-11(16)15-10-7-9(13(15,3)4)8-14(10,12)15/h9-10H,5-8H2,1-4H3. The van der Waals surface area contributed by atoms with Crippen LogP contribution in [0.25, 0.3) is 0 Å². The molecular formula is C15H22O. The van der Waals surface area contributed by atoms with E-state index < -0.39 is 0 Å². The molecule has 0 amide bonds. The number of rotatable bonds is 0. The predicted molar refractivity (Wildman–Crippen MR) is 62.9 cm³/mol. The first-order chi connectivity index (χ1) is 7.32. The van der Waals surface area contributed by atoms with Gasteiger partial charge in [0.15, 0.2) is 0 Å². The SMILES string of the molecule is CC1(C)CCC(=O)C23C4CC(CC412)C3(C)C. The molecule has 0 aromatic heterocycles. The minimum atomic E-state index is 0.117. The lowest BCUT2D eigenvalue weighted by Gasteiger charge is -2.42. The van der Waals surface area contributed by atoms with Crippen molar-refractivity contribution in [2.45, 2.75) is 53.4 Å². The number of ketones is 1. The third-order valence-electron chi connectivity index (χ3n) is 7.49.